The molecule has 132 valence electrons. The van der Waals surface area contributed by atoms with Gasteiger partial charge in [-0.25, -0.2) is 4.39 Å². The fourth-order valence-corrected chi connectivity index (χ4v) is 3.04. The third kappa shape index (κ3) is 4.55. The quantitative estimate of drug-likeness (QED) is 0.875. The molecule has 1 fully saturated rings. The Morgan fingerprint density at radius 1 is 1.32 bits per heavy atom. The molecular weight excluding hydrogens is 321 g/mol. The highest BCUT2D eigenvalue weighted by atomic mass is 19.1. The molecule has 1 unspecified atom stereocenters. The fourth-order valence-electron chi connectivity index (χ4n) is 3.04. The van der Waals surface area contributed by atoms with E-state index in [1.54, 1.807) is 37.4 Å². The summed E-state index contributed by atoms with van der Waals surface area (Å²) in [5, 5.41) is 6.20. The molecule has 2 aromatic rings. The molecule has 0 aliphatic carbocycles. The average Bonchev–Trinajstić information content (AvgIpc) is 2.63. The Balaban J connectivity index is 1.65. The van der Waals surface area contributed by atoms with Crippen LogP contribution in [-0.4, -0.2) is 44.1 Å². The van der Waals surface area contributed by atoms with E-state index in [0.717, 1.165) is 30.1 Å². The third-order valence-electron chi connectivity index (χ3n) is 4.31. The number of rotatable bonds is 5. The minimum absolute atomic E-state index is 0.0222. The molecule has 2 aromatic carbocycles. The van der Waals surface area contributed by atoms with Crippen molar-refractivity contribution in [3.05, 3.63) is 59.9 Å². The second-order valence-corrected chi connectivity index (χ2v) is 6.02. The molecule has 1 aliphatic rings. The SMILES string of the molecule is COc1ccc(NC(=O)CN2CCNCC2c2cccc(F)c2)cc1. The summed E-state index contributed by atoms with van der Waals surface area (Å²) in [6.07, 6.45) is 0. The maximum Gasteiger partial charge on any atom is 0.238 e. The molecule has 0 saturated carbocycles. The number of ether oxygens (including phenoxy) is 1. The smallest absolute Gasteiger partial charge is 0.238 e. The van der Waals surface area contributed by atoms with Crippen molar-refractivity contribution >= 4 is 11.6 Å². The van der Waals surface area contributed by atoms with Crippen LogP contribution < -0.4 is 15.4 Å². The molecule has 1 amide bonds. The lowest BCUT2D eigenvalue weighted by atomic mass is 10.0. The summed E-state index contributed by atoms with van der Waals surface area (Å²) in [7, 11) is 1.60. The Kier molecular flexibility index (Phi) is 5.63. The molecule has 25 heavy (non-hydrogen) atoms. The van der Waals surface area contributed by atoms with E-state index in [1.165, 1.54) is 12.1 Å². The zero-order valence-corrected chi connectivity index (χ0v) is 14.2. The van der Waals surface area contributed by atoms with Gasteiger partial charge in [0.1, 0.15) is 11.6 Å². The van der Waals surface area contributed by atoms with Crippen LogP contribution in [0.2, 0.25) is 0 Å². The van der Waals surface area contributed by atoms with E-state index >= 15 is 0 Å². The molecule has 0 radical (unpaired) electrons. The Bertz CT molecular complexity index is 721. The topological polar surface area (TPSA) is 53.6 Å². The van der Waals surface area contributed by atoms with Crippen LogP contribution in [0, 0.1) is 5.82 Å². The second kappa shape index (κ2) is 8.09. The number of halogens is 1. The number of hydrogen-bond donors (Lipinski definition) is 2. The standard InChI is InChI=1S/C19H22FN3O2/c1-25-17-7-5-16(6-8-17)22-19(24)13-23-10-9-21-12-18(23)14-3-2-4-15(20)11-14/h2-8,11,18,21H,9-10,12-13H2,1H3,(H,22,24). The van der Waals surface area contributed by atoms with E-state index in [4.69, 9.17) is 4.74 Å². The summed E-state index contributed by atoms with van der Waals surface area (Å²) in [5.74, 6) is 0.394. The van der Waals surface area contributed by atoms with Crippen molar-refractivity contribution < 1.29 is 13.9 Å². The first-order valence-corrected chi connectivity index (χ1v) is 8.30. The van der Waals surface area contributed by atoms with E-state index in [1.807, 2.05) is 6.07 Å². The van der Waals surface area contributed by atoms with Crippen LogP contribution in [0.15, 0.2) is 48.5 Å². The molecular formula is C19H22FN3O2. The summed E-state index contributed by atoms with van der Waals surface area (Å²) in [4.78, 5) is 14.5. The number of methoxy groups -OCH3 is 1. The Morgan fingerprint density at radius 2 is 2.12 bits per heavy atom. The van der Waals surface area contributed by atoms with Crippen molar-refractivity contribution in [2.24, 2.45) is 0 Å². The molecule has 6 heteroatoms. The largest absolute Gasteiger partial charge is 0.497 e. The first-order valence-electron chi connectivity index (χ1n) is 8.30. The van der Waals surface area contributed by atoms with Gasteiger partial charge in [-0.2, -0.15) is 0 Å². The maximum atomic E-state index is 13.5. The Hall–Kier alpha value is -2.44. The number of nitrogens with zero attached hydrogens (tertiary/aromatic N) is 1. The zero-order chi connectivity index (χ0) is 17.6. The van der Waals surface area contributed by atoms with Crippen molar-refractivity contribution in [1.82, 2.24) is 10.2 Å². The van der Waals surface area contributed by atoms with Crippen molar-refractivity contribution in [3.8, 4) is 5.75 Å². The first kappa shape index (κ1) is 17.4. The monoisotopic (exact) mass is 343 g/mol. The number of carbonyl (C=O) groups is 1. The number of piperazine rings is 1. The molecule has 0 bridgehead atoms. The summed E-state index contributed by atoms with van der Waals surface area (Å²) in [6, 6.07) is 13.8. The fraction of sp³-hybridized carbons (Fsp3) is 0.316. The number of benzene rings is 2. The van der Waals surface area contributed by atoms with Crippen LogP contribution in [0.3, 0.4) is 0 Å². The number of nitrogens with one attached hydrogen (secondary N) is 2. The molecule has 1 aliphatic heterocycles. The van der Waals surface area contributed by atoms with Crippen molar-refractivity contribution in [2.45, 2.75) is 6.04 Å². The van der Waals surface area contributed by atoms with Gasteiger partial charge in [0.15, 0.2) is 0 Å². The molecule has 0 spiro atoms. The molecule has 1 saturated heterocycles. The van der Waals surface area contributed by atoms with Gasteiger partial charge in [0.05, 0.1) is 13.7 Å². The highest BCUT2D eigenvalue weighted by Gasteiger charge is 2.25. The molecule has 2 N–H and O–H groups in total. The lowest BCUT2D eigenvalue weighted by Gasteiger charge is -2.36. The second-order valence-electron chi connectivity index (χ2n) is 6.02. The highest BCUT2D eigenvalue weighted by Crippen LogP contribution is 2.23. The molecule has 3 rings (SSSR count). The van der Waals surface area contributed by atoms with E-state index in [-0.39, 0.29) is 24.3 Å². The predicted octanol–water partition coefficient (Wildman–Crippen LogP) is 2.42. The summed E-state index contributed by atoms with van der Waals surface area (Å²) in [6.45, 7) is 2.49. The van der Waals surface area contributed by atoms with E-state index in [2.05, 4.69) is 15.5 Å². The van der Waals surface area contributed by atoms with Crippen LogP contribution in [0.1, 0.15) is 11.6 Å². The van der Waals surface area contributed by atoms with Gasteiger partial charge in [0, 0.05) is 31.4 Å². The van der Waals surface area contributed by atoms with E-state index in [0.29, 0.717) is 6.54 Å². The average molecular weight is 343 g/mol. The minimum atomic E-state index is -0.259. The number of amides is 1. The van der Waals surface area contributed by atoms with Crippen molar-refractivity contribution in [1.29, 1.82) is 0 Å². The molecule has 1 heterocycles. The van der Waals surface area contributed by atoms with Gasteiger partial charge in [-0.15, -0.1) is 0 Å². The van der Waals surface area contributed by atoms with Crippen LogP contribution >= 0.6 is 0 Å². The van der Waals surface area contributed by atoms with Crippen molar-refractivity contribution in [3.63, 3.8) is 0 Å². The predicted molar refractivity (Wildman–Crippen MR) is 95.2 cm³/mol. The molecule has 1 atom stereocenters. The minimum Gasteiger partial charge on any atom is -0.497 e. The van der Waals surface area contributed by atoms with Gasteiger partial charge in [0.2, 0.25) is 5.91 Å². The molecule has 5 nitrogen and oxygen atoms in total. The summed E-state index contributed by atoms with van der Waals surface area (Å²) >= 11 is 0. The van der Waals surface area contributed by atoms with Gasteiger partial charge in [-0.05, 0) is 42.0 Å². The Morgan fingerprint density at radius 3 is 2.84 bits per heavy atom. The summed E-state index contributed by atoms with van der Waals surface area (Å²) < 4.78 is 18.6. The Labute approximate surface area is 146 Å². The third-order valence-corrected chi connectivity index (χ3v) is 4.31. The highest BCUT2D eigenvalue weighted by molar-refractivity contribution is 5.92. The van der Waals surface area contributed by atoms with Gasteiger partial charge >= 0.3 is 0 Å². The van der Waals surface area contributed by atoms with Crippen LogP contribution in [0.5, 0.6) is 5.75 Å². The van der Waals surface area contributed by atoms with Crippen molar-refractivity contribution in [2.75, 3.05) is 38.6 Å². The number of carbonyl (C=O) groups excluding carboxylic acids is 1. The zero-order valence-electron chi connectivity index (χ0n) is 14.2. The lowest BCUT2D eigenvalue weighted by molar-refractivity contribution is -0.118. The summed E-state index contributed by atoms with van der Waals surface area (Å²) in [5.41, 5.74) is 1.60. The van der Waals surface area contributed by atoms with Crippen LogP contribution in [0.4, 0.5) is 10.1 Å². The maximum absolute atomic E-state index is 13.5. The first-order chi connectivity index (χ1) is 12.2. The van der Waals surface area contributed by atoms with Gasteiger partial charge in [0.25, 0.3) is 0 Å². The normalized spacial score (nSPS) is 17.9. The number of hydrogen-bond acceptors (Lipinski definition) is 4. The lowest BCUT2D eigenvalue weighted by Crippen LogP contribution is -2.48. The molecule has 0 aromatic heterocycles. The van der Waals surface area contributed by atoms with Crippen LogP contribution in [-0.2, 0) is 4.79 Å². The van der Waals surface area contributed by atoms with E-state index < -0.39 is 0 Å². The van der Waals surface area contributed by atoms with Gasteiger partial charge in [-0.3, -0.25) is 9.69 Å². The van der Waals surface area contributed by atoms with Gasteiger partial charge in [-0.1, -0.05) is 12.1 Å². The van der Waals surface area contributed by atoms with E-state index in [9.17, 15) is 9.18 Å². The van der Waals surface area contributed by atoms with Crippen LogP contribution in [0.25, 0.3) is 0 Å². The van der Waals surface area contributed by atoms with Gasteiger partial charge < -0.3 is 15.4 Å². The number of anilines is 1.